The summed E-state index contributed by atoms with van der Waals surface area (Å²) in [5.74, 6) is 0.847. The first-order valence-corrected chi connectivity index (χ1v) is 10.1. The minimum absolute atomic E-state index is 0.0937. The Bertz CT molecular complexity index is 1120. The van der Waals surface area contributed by atoms with Crippen LogP contribution in [0.25, 0.3) is 5.65 Å². The molecular weight excluding hydrogens is 374 g/mol. The molecule has 3 aromatic heterocycles. The maximum Gasteiger partial charge on any atom is 0.258 e. The molecule has 6 nitrogen and oxygen atoms in total. The fourth-order valence-corrected chi connectivity index (χ4v) is 4.99. The highest BCUT2D eigenvalue weighted by Gasteiger charge is 2.43. The van der Waals surface area contributed by atoms with E-state index in [4.69, 9.17) is 16.6 Å². The van der Waals surface area contributed by atoms with Gasteiger partial charge in [-0.2, -0.15) is 0 Å². The van der Waals surface area contributed by atoms with E-state index in [-0.39, 0.29) is 11.0 Å². The zero-order valence-electron chi connectivity index (χ0n) is 15.9. The van der Waals surface area contributed by atoms with E-state index < -0.39 is 0 Å². The molecule has 4 heterocycles. The van der Waals surface area contributed by atoms with Crippen molar-refractivity contribution in [1.82, 2.24) is 24.3 Å². The van der Waals surface area contributed by atoms with Crippen molar-refractivity contribution in [2.45, 2.75) is 44.6 Å². The summed E-state index contributed by atoms with van der Waals surface area (Å²) in [5.41, 5.74) is 4.00. The molecule has 0 bridgehead atoms. The van der Waals surface area contributed by atoms with Gasteiger partial charge >= 0.3 is 0 Å². The normalized spacial score (nSPS) is 22.1. The van der Waals surface area contributed by atoms with Gasteiger partial charge in [0.15, 0.2) is 0 Å². The number of fused-ring (bicyclic) bond motifs is 3. The molecule has 1 aliphatic carbocycles. The van der Waals surface area contributed by atoms with Crippen LogP contribution < -0.4 is 5.56 Å². The van der Waals surface area contributed by atoms with Crippen LogP contribution in [0, 0.1) is 6.92 Å². The Morgan fingerprint density at radius 1 is 1.25 bits per heavy atom. The van der Waals surface area contributed by atoms with Gasteiger partial charge in [-0.3, -0.25) is 14.1 Å². The minimum atomic E-state index is -0.0937. The Labute approximate surface area is 168 Å². The summed E-state index contributed by atoms with van der Waals surface area (Å²) in [6.45, 7) is 4.61. The number of rotatable bonds is 2. The van der Waals surface area contributed by atoms with Crippen molar-refractivity contribution in [3.8, 4) is 0 Å². The van der Waals surface area contributed by atoms with E-state index in [0.717, 1.165) is 43.9 Å². The number of nitrogens with zero attached hydrogens (tertiary/aromatic N) is 5. The van der Waals surface area contributed by atoms with Crippen molar-refractivity contribution in [2.75, 3.05) is 13.1 Å². The van der Waals surface area contributed by atoms with Crippen molar-refractivity contribution >= 4 is 17.2 Å². The first-order chi connectivity index (χ1) is 13.5. The fourth-order valence-electron chi connectivity index (χ4n) is 4.83. The first-order valence-electron chi connectivity index (χ1n) is 9.76. The number of hydrogen-bond donors (Lipinski definition) is 0. The van der Waals surface area contributed by atoms with E-state index in [9.17, 15) is 4.79 Å². The summed E-state index contributed by atoms with van der Waals surface area (Å²) in [7, 11) is 0. The predicted molar refractivity (Wildman–Crippen MR) is 108 cm³/mol. The lowest BCUT2D eigenvalue weighted by Gasteiger charge is -2.40. The molecule has 1 saturated heterocycles. The second kappa shape index (κ2) is 6.64. The highest BCUT2D eigenvalue weighted by atomic mass is 35.5. The van der Waals surface area contributed by atoms with Crippen molar-refractivity contribution < 1.29 is 0 Å². The number of hydrogen-bond acceptors (Lipinski definition) is 5. The molecule has 0 saturated carbocycles. The van der Waals surface area contributed by atoms with Crippen LogP contribution in [0.2, 0.25) is 5.02 Å². The molecule has 0 amide bonds. The summed E-state index contributed by atoms with van der Waals surface area (Å²) in [6, 6.07) is 5.18. The molecule has 144 valence electrons. The van der Waals surface area contributed by atoms with Crippen LogP contribution in [0.5, 0.6) is 0 Å². The monoisotopic (exact) mass is 395 g/mol. The zero-order chi connectivity index (χ0) is 19.3. The van der Waals surface area contributed by atoms with E-state index in [2.05, 4.69) is 14.9 Å². The van der Waals surface area contributed by atoms with E-state index >= 15 is 0 Å². The minimum Gasteiger partial charge on any atom is -0.297 e. The van der Waals surface area contributed by atoms with Gasteiger partial charge in [0.2, 0.25) is 0 Å². The Balaban J connectivity index is 1.43. The molecule has 3 aromatic rings. The molecule has 1 spiro atoms. The predicted octanol–water partition coefficient (Wildman–Crippen LogP) is 2.93. The maximum absolute atomic E-state index is 12.5. The quantitative estimate of drug-likeness (QED) is 0.667. The lowest BCUT2D eigenvalue weighted by molar-refractivity contribution is 0.135. The largest absolute Gasteiger partial charge is 0.297 e. The number of aromatic nitrogens is 4. The Kier molecular flexibility index (Phi) is 4.21. The van der Waals surface area contributed by atoms with Gasteiger partial charge < -0.3 is 0 Å². The molecule has 1 aliphatic heterocycles. The third kappa shape index (κ3) is 3.01. The molecular formula is C21H22ClN5O. The average molecular weight is 396 g/mol. The van der Waals surface area contributed by atoms with Gasteiger partial charge in [0.25, 0.3) is 5.56 Å². The maximum atomic E-state index is 12.5. The third-order valence-electron chi connectivity index (χ3n) is 6.08. The number of halogens is 1. The van der Waals surface area contributed by atoms with Gasteiger partial charge in [0, 0.05) is 37.0 Å². The van der Waals surface area contributed by atoms with Crippen LogP contribution in [0.4, 0.5) is 0 Å². The zero-order valence-corrected chi connectivity index (χ0v) is 16.6. The van der Waals surface area contributed by atoms with Crippen LogP contribution in [0.3, 0.4) is 0 Å². The molecule has 1 fully saturated rings. The van der Waals surface area contributed by atoms with Crippen molar-refractivity contribution in [2.24, 2.45) is 0 Å². The second-order valence-electron chi connectivity index (χ2n) is 8.05. The summed E-state index contributed by atoms with van der Waals surface area (Å²) in [4.78, 5) is 28.8. The molecule has 0 N–H and O–H groups in total. The molecule has 1 unspecified atom stereocenters. The number of piperidine rings is 1. The molecule has 5 rings (SSSR count). The SMILES string of the molecule is Cc1ncc2c(n1)C1(CCCN(Cc3cc(=O)n4cc(Cl)ccc4n3)C1)CC2. The van der Waals surface area contributed by atoms with E-state index in [1.165, 1.54) is 22.1 Å². The Morgan fingerprint density at radius 2 is 2.14 bits per heavy atom. The van der Waals surface area contributed by atoms with Crippen molar-refractivity contribution in [1.29, 1.82) is 0 Å². The number of likely N-dealkylation sites (tertiary alicyclic amines) is 1. The van der Waals surface area contributed by atoms with Gasteiger partial charge in [-0.15, -0.1) is 0 Å². The smallest absolute Gasteiger partial charge is 0.258 e. The number of pyridine rings is 1. The van der Waals surface area contributed by atoms with Gasteiger partial charge in [-0.25, -0.2) is 15.0 Å². The fraction of sp³-hybridized carbons (Fsp3) is 0.429. The molecule has 2 aliphatic rings. The third-order valence-corrected chi connectivity index (χ3v) is 6.30. The first kappa shape index (κ1) is 17.8. The van der Waals surface area contributed by atoms with E-state index in [1.807, 2.05) is 13.1 Å². The summed E-state index contributed by atoms with van der Waals surface area (Å²) >= 11 is 6.00. The van der Waals surface area contributed by atoms with Crippen LogP contribution in [-0.4, -0.2) is 37.3 Å². The molecule has 7 heteroatoms. The van der Waals surface area contributed by atoms with Crippen molar-refractivity contribution in [3.05, 3.63) is 68.7 Å². The molecule has 1 atom stereocenters. The highest BCUT2D eigenvalue weighted by molar-refractivity contribution is 6.30. The van der Waals surface area contributed by atoms with Crippen molar-refractivity contribution in [3.63, 3.8) is 0 Å². The van der Waals surface area contributed by atoms with Crippen LogP contribution in [0.15, 0.2) is 35.4 Å². The van der Waals surface area contributed by atoms with Gasteiger partial charge in [-0.05, 0) is 56.8 Å². The Hall–Kier alpha value is -2.31. The summed E-state index contributed by atoms with van der Waals surface area (Å²) in [5, 5.41) is 0.527. The lowest BCUT2D eigenvalue weighted by atomic mass is 9.77. The van der Waals surface area contributed by atoms with E-state index in [1.54, 1.807) is 24.4 Å². The van der Waals surface area contributed by atoms with Crippen LogP contribution in [0.1, 0.15) is 42.0 Å². The number of aryl methyl sites for hydroxylation is 2. The van der Waals surface area contributed by atoms with Crippen LogP contribution >= 0.6 is 11.6 Å². The van der Waals surface area contributed by atoms with Crippen LogP contribution in [-0.2, 0) is 18.4 Å². The van der Waals surface area contributed by atoms with Gasteiger partial charge in [0.1, 0.15) is 11.5 Å². The molecule has 0 radical (unpaired) electrons. The average Bonchev–Trinajstić information content (AvgIpc) is 3.00. The van der Waals surface area contributed by atoms with E-state index in [0.29, 0.717) is 17.2 Å². The molecule has 0 aromatic carbocycles. The van der Waals surface area contributed by atoms with Gasteiger partial charge in [-0.1, -0.05) is 11.6 Å². The standard InChI is InChI=1S/C21H22ClN5O/c1-14-23-10-15-5-7-21(20(15)24-14)6-2-8-26(13-21)12-17-9-19(28)27-11-16(22)3-4-18(27)25-17/h3-4,9-11H,2,5-8,12-13H2,1H3. The summed E-state index contributed by atoms with van der Waals surface area (Å²) < 4.78 is 1.50. The molecule has 28 heavy (non-hydrogen) atoms. The lowest BCUT2D eigenvalue weighted by Crippen LogP contribution is -2.45. The summed E-state index contributed by atoms with van der Waals surface area (Å²) in [6.07, 6.45) is 8.10. The highest BCUT2D eigenvalue weighted by Crippen LogP contribution is 2.43. The second-order valence-corrected chi connectivity index (χ2v) is 8.48. The topological polar surface area (TPSA) is 63.4 Å². The van der Waals surface area contributed by atoms with Gasteiger partial charge in [0.05, 0.1) is 16.4 Å². The Morgan fingerprint density at radius 3 is 3.04 bits per heavy atom.